The first-order valence-electron chi connectivity index (χ1n) is 6.17. The van der Waals surface area contributed by atoms with Crippen molar-refractivity contribution in [3.8, 4) is 0 Å². The number of aryl methyl sites for hydroxylation is 1. The van der Waals surface area contributed by atoms with E-state index in [9.17, 15) is 9.59 Å². The fourth-order valence-electron chi connectivity index (χ4n) is 1.68. The third-order valence-electron chi connectivity index (χ3n) is 2.68. The zero-order chi connectivity index (χ0) is 14.5. The van der Waals surface area contributed by atoms with Gasteiger partial charge in [-0.3, -0.25) is 4.79 Å². The van der Waals surface area contributed by atoms with E-state index in [-0.39, 0.29) is 11.9 Å². The smallest absolute Gasteiger partial charge is 0.338 e. The molecule has 1 heterocycles. The number of benzene rings is 1. The molecule has 0 aliphatic rings. The third-order valence-corrected chi connectivity index (χ3v) is 2.68. The lowest BCUT2D eigenvalue weighted by Crippen LogP contribution is -2.16. The van der Waals surface area contributed by atoms with Gasteiger partial charge in [-0.15, -0.1) is 0 Å². The van der Waals surface area contributed by atoms with E-state index in [2.05, 4.69) is 10.3 Å². The Morgan fingerprint density at radius 2 is 2.00 bits per heavy atom. The van der Waals surface area contributed by atoms with Crippen LogP contribution in [0.5, 0.6) is 0 Å². The van der Waals surface area contributed by atoms with Gasteiger partial charge in [0.05, 0.1) is 12.2 Å². The summed E-state index contributed by atoms with van der Waals surface area (Å²) in [4.78, 5) is 27.4. The summed E-state index contributed by atoms with van der Waals surface area (Å²) >= 11 is 0. The Bertz CT molecular complexity index is 617. The zero-order valence-electron chi connectivity index (χ0n) is 11.3. The molecular weight excluding hydrogens is 258 g/mol. The maximum atomic E-state index is 11.9. The highest BCUT2D eigenvalue weighted by Gasteiger charge is 2.11. The van der Waals surface area contributed by atoms with Crippen molar-refractivity contribution in [3.63, 3.8) is 0 Å². The number of aromatic nitrogens is 2. The van der Waals surface area contributed by atoms with Crippen LogP contribution in [0.4, 0.5) is 5.69 Å². The second-order valence-electron chi connectivity index (χ2n) is 4.11. The van der Waals surface area contributed by atoms with Crippen LogP contribution in [0, 0.1) is 0 Å². The van der Waals surface area contributed by atoms with Crippen molar-refractivity contribution in [1.29, 1.82) is 0 Å². The Morgan fingerprint density at radius 3 is 2.55 bits per heavy atom. The van der Waals surface area contributed by atoms with E-state index in [1.807, 2.05) is 0 Å². The molecule has 20 heavy (non-hydrogen) atoms. The first-order chi connectivity index (χ1) is 9.61. The van der Waals surface area contributed by atoms with Gasteiger partial charge >= 0.3 is 5.97 Å². The maximum absolute atomic E-state index is 11.9. The predicted molar refractivity (Wildman–Crippen MR) is 73.6 cm³/mol. The molecule has 0 radical (unpaired) electrons. The lowest BCUT2D eigenvalue weighted by atomic mass is 10.2. The van der Waals surface area contributed by atoms with Gasteiger partial charge in [0.1, 0.15) is 0 Å². The van der Waals surface area contributed by atoms with Crippen molar-refractivity contribution >= 4 is 17.6 Å². The minimum Gasteiger partial charge on any atom is -0.462 e. The minimum atomic E-state index is -0.380. The molecule has 0 saturated heterocycles. The number of carbonyl (C=O) groups excluding carboxylic acids is 2. The van der Waals surface area contributed by atoms with E-state index in [0.717, 1.165) is 0 Å². The van der Waals surface area contributed by atoms with Crippen LogP contribution >= 0.6 is 0 Å². The molecule has 1 N–H and O–H groups in total. The Balaban J connectivity index is 2.06. The molecule has 1 aromatic carbocycles. The lowest BCUT2D eigenvalue weighted by molar-refractivity contribution is 0.0526. The van der Waals surface area contributed by atoms with Crippen LogP contribution in [0.15, 0.2) is 36.7 Å². The van der Waals surface area contributed by atoms with Crippen LogP contribution in [-0.4, -0.2) is 28.0 Å². The van der Waals surface area contributed by atoms with Crippen LogP contribution < -0.4 is 5.32 Å². The molecule has 0 fully saturated rings. The number of esters is 1. The molecule has 104 valence electrons. The SMILES string of the molecule is CCOC(=O)c1ccc(NC(=O)c2nccn2C)cc1. The molecule has 0 unspecified atom stereocenters. The molecule has 1 amide bonds. The van der Waals surface area contributed by atoms with E-state index in [1.54, 1.807) is 55.2 Å². The fraction of sp³-hybridized carbons (Fsp3) is 0.214. The summed E-state index contributed by atoms with van der Waals surface area (Å²) in [6, 6.07) is 6.50. The first kappa shape index (κ1) is 13.8. The van der Waals surface area contributed by atoms with Crippen LogP contribution in [0.2, 0.25) is 0 Å². The van der Waals surface area contributed by atoms with E-state index >= 15 is 0 Å². The fourth-order valence-corrected chi connectivity index (χ4v) is 1.68. The normalized spacial score (nSPS) is 10.1. The predicted octanol–water partition coefficient (Wildman–Crippen LogP) is 1.85. The van der Waals surface area contributed by atoms with Crippen LogP contribution in [-0.2, 0) is 11.8 Å². The Kier molecular flexibility index (Phi) is 4.14. The molecule has 0 aliphatic carbocycles. The van der Waals surface area contributed by atoms with Crippen LogP contribution in [0.3, 0.4) is 0 Å². The molecule has 6 heteroatoms. The van der Waals surface area contributed by atoms with Gasteiger partial charge in [0.15, 0.2) is 5.82 Å². The number of nitrogens with one attached hydrogen (secondary N) is 1. The number of rotatable bonds is 4. The molecule has 1 aromatic heterocycles. The molecule has 0 atom stereocenters. The van der Waals surface area contributed by atoms with Crippen LogP contribution in [0.25, 0.3) is 0 Å². The van der Waals surface area contributed by atoms with Gasteiger partial charge in [0, 0.05) is 25.1 Å². The average molecular weight is 273 g/mol. The average Bonchev–Trinajstić information content (AvgIpc) is 2.86. The Labute approximate surface area is 116 Å². The van der Waals surface area contributed by atoms with Crippen molar-refractivity contribution in [2.45, 2.75) is 6.92 Å². The summed E-state index contributed by atoms with van der Waals surface area (Å²) in [6.07, 6.45) is 3.25. The summed E-state index contributed by atoms with van der Waals surface area (Å²) in [5.74, 6) is -0.365. The molecule has 0 saturated carbocycles. The number of hydrogen-bond acceptors (Lipinski definition) is 4. The maximum Gasteiger partial charge on any atom is 0.338 e. The van der Waals surface area contributed by atoms with Crippen molar-refractivity contribution in [2.24, 2.45) is 7.05 Å². The molecule has 6 nitrogen and oxygen atoms in total. The van der Waals surface area contributed by atoms with Crippen molar-refractivity contribution < 1.29 is 14.3 Å². The number of hydrogen-bond donors (Lipinski definition) is 1. The van der Waals surface area contributed by atoms with E-state index < -0.39 is 0 Å². The van der Waals surface area contributed by atoms with Gasteiger partial charge in [0.2, 0.25) is 0 Å². The molecule has 2 aromatic rings. The summed E-state index contributed by atoms with van der Waals surface area (Å²) in [6.45, 7) is 2.08. The van der Waals surface area contributed by atoms with E-state index in [4.69, 9.17) is 4.74 Å². The van der Waals surface area contributed by atoms with Gasteiger partial charge in [-0.2, -0.15) is 0 Å². The number of imidazole rings is 1. The highest BCUT2D eigenvalue weighted by Crippen LogP contribution is 2.11. The summed E-state index contributed by atoms with van der Waals surface area (Å²) in [5.41, 5.74) is 1.04. The molecular formula is C14H15N3O3. The van der Waals surface area contributed by atoms with Crippen LogP contribution in [0.1, 0.15) is 27.9 Å². The molecule has 0 bridgehead atoms. The van der Waals surface area contributed by atoms with E-state index in [0.29, 0.717) is 23.7 Å². The van der Waals surface area contributed by atoms with Crippen molar-refractivity contribution in [2.75, 3.05) is 11.9 Å². The second kappa shape index (κ2) is 6.01. The van der Waals surface area contributed by atoms with Gasteiger partial charge in [-0.25, -0.2) is 9.78 Å². The van der Waals surface area contributed by atoms with Gasteiger partial charge in [0.25, 0.3) is 5.91 Å². The number of anilines is 1. The molecule has 0 spiro atoms. The number of carbonyl (C=O) groups is 2. The van der Waals surface area contributed by atoms with Gasteiger partial charge < -0.3 is 14.6 Å². The lowest BCUT2D eigenvalue weighted by Gasteiger charge is -2.06. The largest absolute Gasteiger partial charge is 0.462 e. The summed E-state index contributed by atoms with van der Waals surface area (Å²) in [7, 11) is 1.74. The first-order valence-corrected chi connectivity index (χ1v) is 6.17. The Morgan fingerprint density at radius 1 is 1.30 bits per heavy atom. The minimum absolute atomic E-state index is 0.304. The van der Waals surface area contributed by atoms with Gasteiger partial charge in [-0.1, -0.05) is 0 Å². The zero-order valence-corrected chi connectivity index (χ0v) is 11.3. The number of ether oxygens (including phenoxy) is 1. The van der Waals surface area contributed by atoms with E-state index in [1.165, 1.54) is 0 Å². The summed E-state index contributed by atoms with van der Waals surface area (Å²) < 4.78 is 6.51. The van der Waals surface area contributed by atoms with Crippen molar-refractivity contribution in [3.05, 3.63) is 48.0 Å². The Hall–Kier alpha value is -2.63. The summed E-state index contributed by atoms with van der Waals surface area (Å²) in [5, 5.41) is 2.71. The highest BCUT2D eigenvalue weighted by molar-refractivity contribution is 6.02. The van der Waals surface area contributed by atoms with Crippen molar-refractivity contribution in [1.82, 2.24) is 9.55 Å². The topological polar surface area (TPSA) is 73.2 Å². The highest BCUT2D eigenvalue weighted by atomic mass is 16.5. The standard InChI is InChI=1S/C14H15N3O3/c1-3-20-14(19)10-4-6-11(7-5-10)16-13(18)12-15-8-9-17(12)2/h4-9H,3H2,1-2H3,(H,16,18). The quantitative estimate of drug-likeness (QED) is 0.863. The third kappa shape index (κ3) is 3.03. The molecule has 2 rings (SSSR count). The second-order valence-corrected chi connectivity index (χ2v) is 4.11. The molecule has 0 aliphatic heterocycles. The van der Waals surface area contributed by atoms with Gasteiger partial charge in [-0.05, 0) is 31.2 Å². The number of amides is 1. The number of nitrogens with zero attached hydrogens (tertiary/aromatic N) is 2. The monoisotopic (exact) mass is 273 g/mol.